The molecule has 0 saturated heterocycles. The number of hydrogen-bond acceptors (Lipinski definition) is 3. The van der Waals surface area contributed by atoms with Crippen molar-refractivity contribution in [2.45, 2.75) is 25.8 Å². The van der Waals surface area contributed by atoms with Crippen LogP contribution in [0, 0.1) is 0 Å². The summed E-state index contributed by atoms with van der Waals surface area (Å²) in [5.74, 6) is 0.995. The molecule has 4 heteroatoms. The fourth-order valence-corrected chi connectivity index (χ4v) is 2.36. The third kappa shape index (κ3) is 1.79. The molecule has 0 saturated carbocycles. The van der Waals surface area contributed by atoms with Crippen LogP contribution in [0.15, 0.2) is 30.7 Å². The Morgan fingerprint density at radius 1 is 1.41 bits per heavy atom. The first kappa shape index (κ1) is 10.3. The summed E-state index contributed by atoms with van der Waals surface area (Å²) in [5, 5.41) is 3.35. The molecule has 1 atom stereocenters. The number of pyridine rings is 1. The standard InChI is InChI=1S/C13H16N4/c1-2-11-9-17-12(5-8-15-13(17)16-11)10-3-6-14-7-4-10/h3-4,6-7,9,12H,2,5,8H2,1H3,(H,15,16). The van der Waals surface area contributed by atoms with Gasteiger partial charge in [-0.2, -0.15) is 0 Å². The summed E-state index contributed by atoms with van der Waals surface area (Å²) in [5.41, 5.74) is 2.45. The number of nitrogens with one attached hydrogen (secondary N) is 1. The van der Waals surface area contributed by atoms with Gasteiger partial charge in [0, 0.05) is 25.1 Å². The number of nitrogens with zero attached hydrogens (tertiary/aromatic N) is 3. The van der Waals surface area contributed by atoms with Gasteiger partial charge in [-0.05, 0) is 30.5 Å². The Balaban J connectivity index is 2.02. The summed E-state index contributed by atoms with van der Waals surface area (Å²) in [6.07, 6.45) is 7.94. The lowest BCUT2D eigenvalue weighted by Gasteiger charge is -2.26. The lowest BCUT2D eigenvalue weighted by Crippen LogP contribution is -2.23. The van der Waals surface area contributed by atoms with E-state index in [1.165, 1.54) is 5.56 Å². The predicted molar refractivity (Wildman–Crippen MR) is 67.1 cm³/mol. The maximum absolute atomic E-state index is 4.58. The minimum atomic E-state index is 0.391. The Bertz CT molecular complexity index is 503. The fraction of sp³-hybridized carbons (Fsp3) is 0.385. The molecule has 2 aromatic heterocycles. The molecule has 1 aliphatic heterocycles. The number of imidazole rings is 1. The van der Waals surface area contributed by atoms with Gasteiger partial charge in [-0.25, -0.2) is 4.98 Å². The van der Waals surface area contributed by atoms with E-state index in [2.05, 4.69) is 45.1 Å². The zero-order valence-electron chi connectivity index (χ0n) is 9.93. The quantitative estimate of drug-likeness (QED) is 0.857. The molecular formula is C13H16N4. The first-order chi connectivity index (χ1) is 8.38. The summed E-state index contributed by atoms with van der Waals surface area (Å²) in [6, 6.07) is 4.57. The van der Waals surface area contributed by atoms with Crippen LogP contribution in [0.3, 0.4) is 0 Å². The van der Waals surface area contributed by atoms with E-state index in [0.29, 0.717) is 6.04 Å². The maximum Gasteiger partial charge on any atom is 0.203 e. The smallest absolute Gasteiger partial charge is 0.203 e. The molecule has 0 bridgehead atoms. The molecule has 0 aliphatic carbocycles. The highest BCUT2D eigenvalue weighted by Crippen LogP contribution is 2.29. The third-order valence-corrected chi connectivity index (χ3v) is 3.27. The molecule has 0 amide bonds. The van der Waals surface area contributed by atoms with E-state index < -0.39 is 0 Å². The average molecular weight is 228 g/mol. The summed E-state index contributed by atoms with van der Waals surface area (Å²) < 4.78 is 2.25. The van der Waals surface area contributed by atoms with Crippen LogP contribution in [0.2, 0.25) is 0 Å². The van der Waals surface area contributed by atoms with E-state index in [9.17, 15) is 0 Å². The summed E-state index contributed by atoms with van der Waals surface area (Å²) in [7, 11) is 0. The van der Waals surface area contributed by atoms with Gasteiger partial charge in [-0.3, -0.25) is 4.98 Å². The molecule has 1 aliphatic rings. The molecule has 2 aromatic rings. The fourth-order valence-electron chi connectivity index (χ4n) is 2.36. The summed E-state index contributed by atoms with van der Waals surface area (Å²) in [6.45, 7) is 3.11. The number of rotatable bonds is 2. The van der Waals surface area contributed by atoms with E-state index in [0.717, 1.165) is 31.0 Å². The lowest BCUT2D eigenvalue weighted by molar-refractivity contribution is 0.529. The van der Waals surface area contributed by atoms with Gasteiger partial charge in [0.2, 0.25) is 5.95 Å². The highest BCUT2D eigenvalue weighted by molar-refractivity contribution is 5.35. The lowest BCUT2D eigenvalue weighted by atomic mass is 10.0. The van der Waals surface area contributed by atoms with Crippen LogP contribution < -0.4 is 5.32 Å². The first-order valence-corrected chi connectivity index (χ1v) is 6.10. The second-order valence-corrected chi connectivity index (χ2v) is 4.33. The van der Waals surface area contributed by atoms with Crippen molar-refractivity contribution in [3.05, 3.63) is 42.0 Å². The molecule has 0 fully saturated rings. The zero-order valence-corrected chi connectivity index (χ0v) is 9.93. The Morgan fingerprint density at radius 2 is 2.24 bits per heavy atom. The number of aryl methyl sites for hydroxylation is 1. The SMILES string of the molecule is CCc1cn2c(n1)NCCC2c1ccncc1. The van der Waals surface area contributed by atoms with E-state index in [-0.39, 0.29) is 0 Å². The third-order valence-electron chi connectivity index (χ3n) is 3.27. The van der Waals surface area contributed by atoms with Gasteiger partial charge in [-0.1, -0.05) is 6.92 Å². The van der Waals surface area contributed by atoms with Crippen LogP contribution in [0.5, 0.6) is 0 Å². The molecule has 4 nitrogen and oxygen atoms in total. The van der Waals surface area contributed by atoms with Crippen molar-refractivity contribution in [3.63, 3.8) is 0 Å². The molecular weight excluding hydrogens is 212 g/mol. The van der Waals surface area contributed by atoms with Gasteiger partial charge in [0.15, 0.2) is 0 Å². The van der Waals surface area contributed by atoms with E-state index in [1.807, 2.05) is 12.4 Å². The van der Waals surface area contributed by atoms with Crippen molar-refractivity contribution < 1.29 is 0 Å². The Labute approximate surface area is 101 Å². The van der Waals surface area contributed by atoms with Crippen LogP contribution in [0.4, 0.5) is 5.95 Å². The van der Waals surface area contributed by atoms with Gasteiger partial charge in [0.25, 0.3) is 0 Å². The Morgan fingerprint density at radius 3 is 3.00 bits per heavy atom. The monoisotopic (exact) mass is 228 g/mol. The van der Waals surface area contributed by atoms with Crippen molar-refractivity contribution >= 4 is 5.95 Å². The molecule has 1 unspecified atom stereocenters. The molecule has 1 N–H and O–H groups in total. The van der Waals surface area contributed by atoms with Gasteiger partial charge in [0.1, 0.15) is 0 Å². The van der Waals surface area contributed by atoms with Crippen molar-refractivity contribution in [2.24, 2.45) is 0 Å². The predicted octanol–water partition coefficient (Wildman–Crippen LogP) is 2.25. The second kappa shape index (κ2) is 4.20. The van der Waals surface area contributed by atoms with Gasteiger partial charge < -0.3 is 9.88 Å². The molecule has 3 heterocycles. The Hall–Kier alpha value is -1.84. The molecule has 0 spiro atoms. The van der Waals surface area contributed by atoms with Crippen molar-refractivity contribution in [1.29, 1.82) is 0 Å². The summed E-state index contributed by atoms with van der Waals surface area (Å²) >= 11 is 0. The first-order valence-electron chi connectivity index (χ1n) is 6.10. The zero-order chi connectivity index (χ0) is 11.7. The highest BCUT2D eigenvalue weighted by Gasteiger charge is 2.22. The van der Waals surface area contributed by atoms with E-state index >= 15 is 0 Å². The summed E-state index contributed by atoms with van der Waals surface area (Å²) in [4.78, 5) is 8.66. The number of fused-ring (bicyclic) bond motifs is 1. The Kier molecular flexibility index (Phi) is 2.55. The van der Waals surface area contributed by atoms with E-state index in [4.69, 9.17) is 0 Å². The molecule has 3 rings (SSSR count). The molecule has 0 aromatic carbocycles. The van der Waals surface area contributed by atoms with Crippen LogP contribution in [-0.2, 0) is 6.42 Å². The van der Waals surface area contributed by atoms with Crippen molar-refractivity contribution in [1.82, 2.24) is 14.5 Å². The second-order valence-electron chi connectivity index (χ2n) is 4.33. The van der Waals surface area contributed by atoms with Crippen LogP contribution >= 0.6 is 0 Å². The van der Waals surface area contributed by atoms with E-state index in [1.54, 1.807) is 0 Å². The van der Waals surface area contributed by atoms with Crippen molar-refractivity contribution in [3.8, 4) is 0 Å². The molecule has 0 radical (unpaired) electrons. The molecule has 88 valence electrons. The van der Waals surface area contributed by atoms with Crippen molar-refractivity contribution in [2.75, 3.05) is 11.9 Å². The number of anilines is 1. The normalized spacial score (nSPS) is 18.5. The van der Waals surface area contributed by atoms with Crippen LogP contribution in [0.1, 0.15) is 30.6 Å². The van der Waals surface area contributed by atoms with Gasteiger partial charge in [0.05, 0.1) is 11.7 Å². The van der Waals surface area contributed by atoms with Gasteiger partial charge >= 0.3 is 0 Å². The largest absolute Gasteiger partial charge is 0.356 e. The minimum absolute atomic E-state index is 0.391. The highest BCUT2D eigenvalue weighted by atomic mass is 15.2. The average Bonchev–Trinajstić information content (AvgIpc) is 2.82. The van der Waals surface area contributed by atoms with Crippen LogP contribution in [0.25, 0.3) is 0 Å². The number of aromatic nitrogens is 3. The minimum Gasteiger partial charge on any atom is -0.356 e. The van der Waals surface area contributed by atoms with Crippen LogP contribution in [-0.4, -0.2) is 21.1 Å². The topological polar surface area (TPSA) is 42.7 Å². The molecule has 17 heavy (non-hydrogen) atoms. The maximum atomic E-state index is 4.58. The van der Waals surface area contributed by atoms with Gasteiger partial charge in [-0.15, -0.1) is 0 Å². The number of hydrogen-bond donors (Lipinski definition) is 1.